The Balaban J connectivity index is 1.75. The molecule has 2 aromatic rings. The van der Waals surface area contributed by atoms with Crippen LogP contribution in [0.5, 0.6) is 5.75 Å². The van der Waals surface area contributed by atoms with Crippen LogP contribution in [0.3, 0.4) is 0 Å². The number of nitrogens with one attached hydrogen (secondary N) is 1. The SMILES string of the molecule is CCOC(=O)Cc1ccc(NC(=O)CCOc2cccc(Cl)c2)cc1. The summed E-state index contributed by atoms with van der Waals surface area (Å²) in [4.78, 5) is 23.3. The first-order valence-corrected chi connectivity index (χ1v) is 8.37. The van der Waals surface area contributed by atoms with Gasteiger partial charge >= 0.3 is 5.97 Å². The van der Waals surface area contributed by atoms with E-state index in [0.29, 0.717) is 23.1 Å². The molecule has 5 nitrogen and oxygen atoms in total. The van der Waals surface area contributed by atoms with Crippen molar-refractivity contribution < 1.29 is 19.1 Å². The minimum absolute atomic E-state index is 0.153. The molecule has 0 fully saturated rings. The van der Waals surface area contributed by atoms with Crippen molar-refractivity contribution >= 4 is 29.2 Å². The van der Waals surface area contributed by atoms with E-state index in [1.165, 1.54) is 0 Å². The summed E-state index contributed by atoms with van der Waals surface area (Å²) in [5.41, 5.74) is 1.50. The lowest BCUT2D eigenvalue weighted by molar-refractivity contribution is -0.142. The molecule has 0 bridgehead atoms. The second-order valence-electron chi connectivity index (χ2n) is 5.28. The van der Waals surface area contributed by atoms with Gasteiger partial charge in [-0.1, -0.05) is 29.8 Å². The van der Waals surface area contributed by atoms with Gasteiger partial charge in [0.2, 0.25) is 5.91 Å². The van der Waals surface area contributed by atoms with E-state index < -0.39 is 0 Å². The van der Waals surface area contributed by atoms with Crippen LogP contribution < -0.4 is 10.1 Å². The van der Waals surface area contributed by atoms with Crippen molar-refractivity contribution in [3.63, 3.8) is 0 Å². The first-order valence-electron chi connectivity index (χ1n) is 7.99. The number of halogens is 1. The van der Waals surface area contributed by atoms with Crippen molar-refractivity contribution in [2.24, 2.45) is 0 Å². The molecule has 0 saturated heterocycles. The average molecular weight is 362 g/mol. The fourth-order valence-electron chi connectivity index (χ4n) is 2.13. The molecule has 0 heterocycles. The molecular formula is C19H20ClNO4. The zero-order chi connectivity index (χ0) is 18.1. The highest BCUT2D eigenvalue weighted by atomic mass is 35.5. The highest BCUT2D eigenvalue weighted by Crippen LogP contribution is 2.17. The molecule has 0 spiro atoms. The lowest BCUT2D eigenvalue weighted by atomic mass is 10.1. The van der Waals surface area contributed by atoms with Gasteiger partial charge in [-0.05, 0) is 42.8 Å². The number of carbonyl (C=O) groups is 2. The normalized spacial score (nSPS) is 10.2. The Labute approximate surface area is 151 Å². The number of amides is 1. The van der Waals surface area contributed by atoms with Gasteiger partial charge < -0.3 is 14.8 Å². The molecular weight excluding hydrogens is 342 g/mol. The van der Waals surface area contributed by atoms with Gasteiger partial charge in [-0.25, -0.2) is 0 Å². The Morgan fingerprint density at radius 3 is 2.56 bits per heavy atom. The summed E-state index contributed by atoms with van der Waals surface area (Å²) in [5.74, 6) is 0.209. The third-order valence-electron chi connectivity index (χ3n) is 3.29. The van der Waals surface area contributed by atoms with Crippen LogP contribution in [0.25, 0.3) is 0 Å². The molecule has 0 radical (unpaired) electrons. The number of benzene rings is 2. The number of carbonyl (C=O) groups excluding carboxylic acids is 2. The topological polar surface area (TPSA) is 64.6 Å². The van der Waals surface area contributed by atoms with Crippen LogP contribution in [0, 0.1) is 0 Å². The molecule has 132 valence electrons. The summed E-state index contributed by atoms with van der Waals surface area (Å²) < 4.78 is 10.4. The Morgan fingerprint density at radius 1 is 1.12 bits per heavy atom. The molecule has 2 rings (SSSR count). The third kappa shape index (κ3) is 6.85. The maximum Gasteiger partial charge on any atom is 0.310 e. The molecule has 0 atom stereocenters. The summed E-state index contributed by atoms with van der Waals surface area (Å²) in [7, 11) is 0. The van der Waals surface area contributed by atoms with Crippen LogP contribution in [0.1, 0.15) is 18.9 Å². The standard InChI is InChI=1S/C19H20ClNO4/c1-2-24-19(23)12-14-6-8-16(9-7-14)21-18(22)10-11-25-17-5-3-4-15(20)13-17/h3-9,13H,2,10-12H2,1H3,(H,21,22). The van der Waals surface area contributed by atoms with Crippen molar-refractivity contribution in [1.82, 2.24) is 0 Å². The first-order chi connectivity index (χ1) is 12.1. The molecule has 0 aliphatic rings. The Kier molecular flexibility index (Phi) is 7.29. The van der Waals surface area contributed by atoms with Crippen LogP contribution in [0.4, 0.5) is 5.69 Å². The van der Waals surface area contributed by atoms with Crippen molar-refractivity contribution in [3.05, 3.63) is 59.1 Å². The van der Waals surface area contributed by atoms with E-state index in [2.05, 4.69) is 5.32 Å². The average Bonchev–Trinajstić information content (AvgIpc) is 2.57. The highest BCUT2D eigenvalue weighted by Gasteiger charge is 2.06. The summed E-state index contributed by atoms with van der Waals surface area (Å²) in [6.07, 6.45) is 0.437. The molecule has 2 aromatic carbocycles. The van der Waals surface area contributed by atoms with Crippen LogP contribution in [0.15, 0.2) is 48.5 Å². The second kappa shape index (κ2) is 9.69. The van der Waals surface area contributed by atoms with Crippen molar-refractivity contribution in [1.29, 1.82) is 0 Å². The molecule has 6 heteroatoms. The van der Waals surface area contributed by atoms with Crippen LogP contribution in [-0.4, -0.2) is 25.1 Å². The summed E-state index contributed by atoms with van der Waals surface area (Å²) in [5, 5.41) is 3.37. The van der Waals surface area contributed by atoms with E-state index in [4.69, 9.17) is 21.1 Å². The van der Waals surface area contributed by atoms with E-state index in [0.717, 1.165) is 5.56 Å². The summed E-state index contributed by atoms with van der Waals surface area (Å²) >= 11 is 5.87. The van der Waals surface area contributed by atoms with Gasteiger partial charge in [0.1, 0.15) is 5.75 Å². The van der Waals surface area contributed by atoms with Gasteiger partial charge in [-0.15, -0.1) is 0 Å². The zero-order valence-electron chi connectivity index (χ0n) is 14.0. The Morgan fingerprint density at radius 2 is 1.88 bits per heavy atom. The molecule has 0 saturated carbocycles. The minimum Gasteiger partial charge on any atom is -0.493 e. The minimum atomic E-state index is -0.266. The number of rotatable bonds is 8. The van der Waals surface area contributed by atoms with Crippen molar-refractivity contribution in [2.45, 2.75) is 19.8 Å². The molecule has 0 aliphatic carbocycles. The lowest BCUT2D eigenvalue weighted by Crippen LogP contribution is -2.15. The summed E-state index contributed by atoms with van der Waals surface area (Å²) in [6.45, 7) is 2.39. The van der Waals surface area contributed by atoms with Crippen LogP contribution in [0.2, 0.25) is 5.02 Å². The lowest BCUT2D eigenvalue weighted by Gasteiger charge is -2.08. The highest BCUT2D eigenvalue weighted by molar-refractivity contribution is 6.30. The molecule has 1 amide bonds. The van der Waals surface area contributed by atoms with E-state index >= 15 is 0 Å². The smallest absolute Gasteiger partial charge is 0.310 e. The molecule has 1 N–H and O–H groups in total. The Hall–Kier alpha value is -2.53. The van der Waals surface area contributed by atoms with Gasteiger partial charge in [-0.3, -0.25) is 9.59 Å². The number of hydrogen-bond donors (Lipinski definition) is 1. The van der Waals surface area contributed by atoms with Gasteiger partial charge in [-0.2, -0.15) is 0 Å². The molecule has 0 unspecified atom stereocenters. The number of ether oxygens (including phenoxy) is 2. The summed E-state index contributed by atoms with van der Waals surface area (Å²) in [6, 6.07) is 14.1. The van der Waals surface area contributed by atoms with E-state index in [1.807, 2.05) is 0 Å². The Bertz CT molecular complexity index is 716. The maximum atomic E-state index is 11.9. The molecule has 0 aliphatic heterocycles. The largest absolute Gasteiger partial charge is 0.493 e. The second-order valence-corrected chi connectivity index (χ2v) is 5.72. The molecule has 0 aromatic heterocycles. The first kappa shape index (κ1) is 18.8. The van der Waals surface area contributed by atoms with E-state index in [1.54, 1.807) is 55.5 Å². The predicted molar refractivity (Wildman–Crippen MR) is 97.0 cm³/mol. The van der Waals surface area contributed by atoms with Crippen molar-refractivity contribution in [2.75, 3.05) is 18.5 Å². The number of anilines is 1. The fraction of sp³-hybridized carbons (Fsp3) is 0.263. The molecule has 25 heavy (non-hydrogen) atoms. The van der Waals surface area contributed by atoms with Gasteiger partial charge in [0.15, 0.2) is 0 Å². The third-order valence-corrected chi connectivity index (χ3v) is 3.52. The number of esters is 1. The fourth-order valence-corrected chi connectivity index (χ4v) is 2.31. The van der Waals surface area contributed by atoms with Gasteiger partial charge in [0.05, 0.1) is 26.1 Å². The predicted octanol–water partition coefficient (Wildman–Crippen LogP) is 3.85. The number of hydrogen-bond acceptors (Lipinski definition) is 4. The maximum absolute atomic E-state index is 11.9. The van der Waals surface area contributed by atoms with Gasteiger partial charge in [0, 0.05) is 10.7 Å². The van der Waals surface area contributed by atoms with Crippen molar-refractivity contribution in [3.8, 4) is 5.75 Å². The monoisotopic (exact) mass is 361 g/mol. The quantitative estimate of drug-likeness (QED) is 0.725. The van der Waals surface area contributed by atoms with E-state index in [9.17, 15) is 9.59 Å². The zero-order valence-corrected chi connectivity index (χ0v) is 14.7. The van der Waals surface area contributed by atoms with E-state index in [-0.39, 0.29) is 31.3 Å². The van der Waals surface area contributed by atoms with Crippen LogP contribution in [-0.2, 0) is 20.7 Å². The van der Waals surface area contributed by atoms with Gasteiger partial charge in [0.25, 0.3) is 0 Å². The van der Waals surface area contributed by atoms with Crippen LogP contribution >= 0.6 is 11.6 Å².